The zero-order chi connectivity index (χ0) is 49.4. The average molecular weight is 983 g/mol. The molecule has 2 amide bonds. The minimum atomic E-state index is -0.668. The Morgan fingerprint density at radius 3 is 2.47 bits per heavy atom. The Balaban J connectivity index is 0.678. The third-order valence-electron chi connectivity index (χ3n) is 17.6. The van der Waals surface area contributed by atoms with E-state index in [1.807, 2.05) is 19.2 Å². The van der Waals surface area contributed by atoms with E-state index in [0.717, 1.165) is 90.8 Å². The number of ether oxygens (including phenoxy) is 2. The second-order valence-electron chi connectivity index (χ2n) is 22.2. The van der Waals surface area contributed by atoms with Gasteiger partial charge in [0.25, 0.3) is 5.91 Å². The molecule has 15 nitrogen and oxygen atoms in total. The van der Waals surface area contributed by atoms with Gasteiger partial charge in [-0.2, -0.15) is 9.97 Å². The van der Waals surface area contributed by atoms with Gasteiger partial charge in [-0.3, -0.25) is 29.9 Å². The highest BCUT2D eigenvalue weighted by Gasteiger charge is 2.51. The van der Waals surface area contributed by atoms with Crippen molar-refractivity contribution in [3.05, 3.63) is 77.2 Å². The number of rotatable bonds is 12. The van der Waals surface area contributed by atoms with Crippen molar-refractivity contribution < 1.29 is 33.0 Å². The van der Waals surface area contributed by atoms with Crippen LogP contribution in [0, 0.1) is 22.5 Å². The van der Waals surface area contributed by atoms with Crippen molar-refractivity contribution >= 4 is 45.1 Å². The highest BCUT2D eigenvalue weighted by atomic mass is 19.1. The van der Waals surface area contributed by atoms with Crippen molar-refractivity contribution in [1.29, 1.82) is 0 Å². The summed E-state index contributed by atoms with van der Waals surface area (Å²) >= 11 is 0. The van der Waals surface area contributed by atoms with Gasteiger partial charge < -0.3 is 35.0 Å². The van der Waals surface area contributed by atoms with Gasteiger partial charge in [-0.1, -0.05) is 19.1 Å². The number of aryl methyl sites for hydroxylation is 1. The van der Waals surface area contributed by atoms with Gasteiger partial charge in [0.1, 0.15) is 46.2 Å². The highest BCUT2D eigenvalue weighted by Crippen LogP contribution is 2.53. The molecule has 5 aliphatic heterocycles. The first-order valence-electron chi connectivity index (χ1n) is 26.3. The molecule has 0 radical (unpaired) electrons. The van der Waals surface area contributed by atoms with Crippen LogP contribution in [0.3, 0.4) is 0 Å². The number of aromatic nitrogens is 4. The van der Waals surface area contributed by atoms with E-state index in [0.29, 0.717) is 82.2 Å². The summed E-state index contributed by atoms with van der Waals surface area (Å²) in [5.74, 6) is -0.582. The van der Waals surface area contributed by atoms with Crippen LogP contribution in [0.1, 0.15) is 113 Å². The van der Waals surface area contributed by atoms with E-state index in [-0.39, 0.29) is 58.0 Å². The second kappa shape index (κ2) is 18.5. The van der Waals surface area contributed by atoms with E-state index < -0.39 is 17.8 Å². The third-order valence-corrected chi connectivity index (χ3v) is 17.6. The maximum atomic E-state index is 17.2. The molecule has 8 heterocycles. The number of aromatic hydroxyl groups is 1. The van der Waals surface area contributed by atoms with Crippen molar-refractivity contribution in [2.24, 2.45) is 21.6 Å². The Morgan fingerprint density at radius 2 is 1.76 bits per heavy atom. The van der Waals surface area contributed by atoms with E-state index in [1.165, 1.54) is 43.4 Å². The standard InChI is InChI=1S/C55H64F2N10O5/c1-2-38-41(56)6-4-34-24-37(68)25-39(45(34)38)47-46(57)48-40(29-60-47)50(67-18-3-12-55(31-67)17-23-72-55)64-52(63-48)71-32-54(13-14-54)30-65-21-15-53(16-22-65)26-36(27-53)66-19-10-33(11-20-66)35-5-7-42(59-28-35)49(58)61-43-8-9-44(69)62-51(43)70/h4-7,24-25,28-29,33,36,43,68H,2-3,8-23,26-27,30-32H2,1H3,(H2,58,61)(H,62,69,70)/t43?,55-/m0/s1. The average Bonchev–Trinajstić information content (AvgIpc) is 4.14. The molecule has 2 atom stereocenters. The SMILES string of the molecule is CCc1c(F)ccc2cc(O)cc(-c3ncc4c(N5CCC[C@]6(CCO6)C5)nc(OCC5(CN6CCC7(CC6)CC(N6CCC(c8ccc(C(N)=NC9CCC(=O)NC9=O)nc8)CC6)C7)CC5)nc4c3F)c12. The number of nitrogens with zero attached hydrogens (tertiary/aromatic N) is 8. The van der Waals surface area contributed by atoms with Crippen molar-refractivity contribution in [3.8, 4) is 23.0 Å². The number of amidine groups is 1. The molecule has 5 saturated heterocycles. The summed E-state index contributed by atoms with van der Waals surface area (Å²) in [5.41, 5.74) is 8.95. The van der Waals surface area contributed by atoms with Gasteiger partial charge in [-0.15, -0.1) is 0 Å². The molecule has 7 fully saturated rings. The number of fused-ring (bicyclic) bond motifs is 2. The van der Waals surface area contributed by atoms with E-state index >= 15 is 8.78 Å². The molecule has 0 bridgehead atoms. The molecule has 72 heavy (non-hydrogen) atoms. The van der Waals surface area contributed by atoms with Gasteiger partial charge in [0.15, 0.2) is 5.82 Å². The predicted octanol–water partition coefficient (Wildman–Crippen LogP) is 7.34. The molecule has 2 aromatic carbocycles. The molecule has 7 aliphatic rings. The first-order chi connectivity index (χ1) is 34.9. The number of pyridine rings is 2. The quantitative estimate of drug-likeness (QED) is 0.0642. The van der Waals surface area contributed by atoms with E-state index in [1.54, 1.807) is 18.3 Å². The summed E-state index contributed by atoms with van der Waals surface area (Å²) < 4.78 is 45.2. The Morgan fingerprint density at radius 1 is 0.958 bits per heavy atom. The predicted molar refractivity (Wildman–Crippen MR) is 269 cm³/mol. The van der Waals surface area contributed by atoms with Gasteiger partial charge in [-0.25, -0.2) is 8.78 Å². The number of piperidine rings is 4. The summed E-state index contributed by atoms with van der Waals surface area (Å²) in [5, 5.41) is 14.7. The molecule has 1 unspecified atom stereocenters. The molecular formula is C55H64F2N10O5. The van der Waals surface area contributed by atoms with Crippen LogP contribution in [0.2, 0.25) is 0 Å². The van der Waals surface area contributed by atoms with Crippen molar-refractivity contribution in [2.75, 3.05) is 63.9 Å². The lowest BCUT2D eigenvalue weighted by Crippen LogP contribution is -2.56. The minimum Gasteiger partial charge on any atom is -0.508 e. The second-order valence-corrected chi connectivity index (χ2v) is 22.2. The Labute approximate surface area is 418 Å². The Hall–Kier alpha value is -5.91. The molecule has 17 heteroatoms. The summed E-state index contributed by atoms with van der Waals surface area (Å²) in [7, 11) is 0. The van der Waals surface area contributed by atoms with Crippen LogP contribution in [0.15, 0.2) is 53.8 Å². The van der Waals surface area contributed by atoms with Crippen LogP contribution in [-0.2, 0) is 20.7 Å². The zero-order valence-corrected chi connectivity index (χ0v) is 41.1. The van der Waals surface area contributed by atoms with Gasteiger partial charge in [0.05, 0.1) is 24.2 Å². The first-order valence-corrected chi connectivity index (χ1v) is 26.3. The first kappa shape index (κ1) is 47.1. The van der Waals surface area contributed by atoms with Gasteiger partial charge >= 0.3 is 6.01 Å². The Kier molecular flexibility index (Phi) is 12.1. The molecule has 2 spiro atoms. The van der Waals surface area contributed by atoms with Gasteiger partial charge in [-0.05, 0) is 161 Å². The fourth-order valence-corrected chi connectivity index (χ4v) is 13.0. The van der Waals surface area contributed by atoms with Crippen LogP contribution in [0.25, 0.3) is 32.9 Å². The van der Waals surface area contributed by atoms with E-state index in [9.17, 15) is 14.7 Å². The van der Waals surface area contributed by atoms with Gasteiger partial charge in [0.2, 0.25) is 5.91 Å². The number of phenols is 1. The minimum absolute atomic E-state index is 0.0121. The normalized spacial score (nSPS) is 25.0. The van der Waals surface area contributed by atoms with E-state index in [4.69, 9.17) is 25.2 Å². The largest absolute Gasteiger partial charge is 0.508 e. The van der Waals surface area contributed by atoms with Crippen molar-refractivity contribution in [2.45, 2.75) is 120 Å². The highest BCUT2D eigenvalue weighted by molar-refractivity contribution is 6.03. The summed E-state index contributed by atoms with van der Waals surface area (Å²) in [6, 6.07) is 10.1. The van der Waals surface area contributed by atoms with Gasteiger partial charge in [0, 0.05) is 61.9 Å². The van der Waals surface area contributed by atoms with Crippen molar-refractivity contribution in [1.82, 2.24) is 35.1 Å². The number of aliphatic imine (C=N–C) groups is 1. The number of likely N-dealkylation sites (tertiary alicyclic amines) is 2. The molecule has 2 saturated carbocycles. The lowest BCUT2D eigenvalue weighted by molar-refractivity contribution is -0.151. The monoisotopic (exact) mass is 983 g/mol. The number of nitrogens with one attached hydrogen (secondary N) is 1. The number of halogens is 2. The number of phenolic OH excluding ortho intramolecular Hbond substituents is 1. The van der Waals surface area contributed by atoms with Crippen molar-refractivity contribution in [3.63, 3.8) is 0 Å². The molecule has 378 valence electrons. The lowest BCUT2D eigenvalue weighted by atomic mass is 9.59. The molecule has 12 rings (SSSR count). The summed E-state index contributed by atoms with van der Waals surface area (Å²) in [6.45, 7) is 9.66. The van der Waals surface area contributed by atoms with Crippen LogP contribution in [-0.4, -0.2) is 129 Å². The maximum Gasteiger partial charge on any atom is 0.319 e. The number of carbonyl (C=O) groups excluding carboxylic acids is 2. The van der Waals surface area contributed by atoms with Crippen LogP contribution >= 0.6 is 0 Å². The summed E-state index contributed by atoms with van der Waals surface area (Å²) in [6.07, 6.45) is 16.6. The molecule has 5 aromatic rings. The number of benzene rings is 2. The fourth-order valence-electron chi connectivity index (χ4n) is 13.0. The molecule has 3 aromatic heterocycles. The zero-order valence-electron chi connectivity index (χ0n) is 41.1. The smallest absolute Gasteiger partial charge is 0.319 e. The summed E-state index contributed by atoms with van der Waals surface area (Å²) in [4.78, 5) is 54.5. The van der Waals surface area contributed by atoms with Crippen LogP contribution in [0.5, 0.6) is 11.8 Å². The Bertz CT molecular complexity index is 2960. The number of anilines is 1. The number of nitrogens with two attached hydrogens (primary N) is 1. The van der Waals surface area contributed by atoms with E-state index in [2.05, 4.69) is 41.0 Å². The third kappa shape index (κ3) is 8.92. The number of carbonyl (C=O) groups is 2. The van der Waals surface area contributed by atoms with Crippen LogP contribution < -0.4 is 20.7 Å². The van der Waals surface area contributed by atoms with Crippen LogP contribution in [0.4, 0.5) is 14.6 Å². The molecule has 2 aliphatic carbocycles. The molecule has 4 N–H and O–H groups in total. The number of amides is 2. The fraction of sp³-hybridized carbons (Fsp3) is 0.545. The molecular weight excluding hydrogens is 919 g/mol. The maximum absolute atomic E-state index is 17.2. The topological polar surface area (TPSA) is 185 Å². The lowest BCUT2D eigenvalue weighted by Gasteiger charge is -2.56. The number of imide groups is 1. The number of hydrogen-bond donors (Lipinski definition) is 3. The number of hydrogen-bond acceptors (Lipinski definition) is 13.